The third-order valence-corrected chi connectivity index (χ3v) is 6.65. The number of hydrogen-bond donors (Lipinski definition) is 3. The minimum Gasteiger partial charge on any atom is -0.480 e. The van der Waals surface area contributed by atoms with E-state index in [0.717, 1.165) is 22.3 Å². The maximum absolute atomic E-state index is 12.5. The van der Waals surface area contributed by atoms with Crippen LogP contribution in [0.15, 0.2) is 60.7 Å². The molecule has 3 N–H and O–H groups in total. The average molecular weight is 449 g/mol. The second-order valence-electron chi connectivity index (χ2n) is 8.78. The Labute approximate surface area is 192 Å². The number of nitrogens with one attached hydrogen (secondary N) is 2. The van der Waals surface area contributed by atoms with Crippen LogP contribution in [0, 0.1) is 5.92 Å². The zero-order valence-corrected chi connectivity index (χ0v) is 18.7. The molecule has 0 spiro atoms. The summed E-state index contributed by atoms with van der Waals surface area (Å²) >= 11 is 0. The number of hydrogen-bond acceptors (Lipinski definition) is 4. The van der Waals surface area contributed by atoms with E-state index in [2.05, 4.69) is 34.9 Å². The van der Waals surface area contributed by atoms with Crippen molar-refractivity contribution in [3.05, 3.63) is 71.8 Å². The first-order valence-corrected chi connectivity index (χ1v) is 11.2. The Morgan fingerprint density at radius 3 is 2.21 bits per heavy atom. The number of rotatable bonds is 7. The molecule has 3 atom stereocenters. The van der Waals surface area contributed by atoms with Crippen LogP contribution in [-0.2, 0) is 14.3 Å². The topological polar surface area (TPSA) is 105 Å². The van der Waals surface area contributed by atoms with Crippen molar-refractivity contribution in [1.82, 2.24) is 10.6 Å². The number of alkyl carbamates (subject to hydrolysis) is 1. The number of amides is 2. The molecular weight excluding hydrogens is 420 g/mol. The van der Waals surface area contributed by atoms with Gasteiger partial charge in [0.25, 0.3) is 0 Å². The normalized spacial score (nSPS) is 20.4. The second kappa shape index (κ2) is 9.10. The molecule has 2 aliphatic rings. The molecule has 7 nitrogen and oxygen atoms in total. The highest BCUT2D eigenvalue weighted by Crippen LogP contribution is 2.44. The summed E-state index contributed by atoms with van der Waals surface area (Å²) in [6.45, 7) is 3.41. The second-order valence-corrected chi connectivity index (χ2v) is 8.78. The molecule has 0 saturated heterocycles. The predicted molar refractivity (Wildman–Crippen MR) is 124 cm³/mol. The highest BCUT2D eigenvalue weighted by molar-refractivity contribution is 5.89. The van der Waals surface area contributed by atoms with Gasteiger partial charge in [-0.15, -0.1) is 0 Å². The van der Waals surface area contributed by atoms with Gasteiger partial charge in [0.1, 0.15) is 12.1 Å². The van der Waals surface area contributed by atoms with Crippen molar-refractivity contribution in [1.29, 1.82) is 0 Å². The third-order valence-electron chi connectivity index (χ3n) is 6.65. The fraction of sp³-hybridized carbons (Fsp3) is 0.346. The first-order valence-electron chi connectivity index (χ1n) is 11.2. The molecule has 0 heterocycles. The van der Waals surface area contributed by atoms with Gasteiger partial charge in [-0.25, -0.2) is 9.59 Å². The Kier molecular flexibility index (Phi) is 6.22. The van der Waals surface area contributed by atoms with E-state index in [0.29, 0.717) is 6.42 Å². The third kappa shape index (κ3) is 4.49. The van der Waals surface area contributed by atoms with Crippen molar-refractivity contribution in [3.8, 4) is 11.1 Å². The van der Waals surface area contributed by atoms with Crippen LogP contribution in [-0.4, -0.2) is 41.3 Å². The van der Waals surface area contributed by atoms with E-state index in [9.17, 15) is 19.5 Å². The summed E-state index contributed by atoms with van der Waals surface area (Å²) in [5.74, 6) is -1.97. The number of carbonyl (C=O) groups excluding carboxylic acids is 2. The summed E-state index contributed by atoms with van der Waals surface area (Å²) in [5.41, 5.74) is 3.29. The standard InChI is InChI=1S/C26H28N2O5/c1-3-26(2,24(30)31)28-23(29)16-12-13-17(14-16)27-25(32)33-15-22-20-10-6-4-8-18(20)19-9-5-7-11-21(19)22/h4-13,16-17,22H,3,14-15H2,1-2H3,(H,27,32)(H,28,29)(H,30,31). The Hall–Kier alpha value is -3.61. The lowest BCUT2D eigenvalue weighted by atomic mass is 9.97. The molecule has 2 aliphatic carbocycles. The maximum Gasteiger partial charge on any atom is 0.407 e. The highest BCUT2D eigenvalue weighted by atomic mass is 16.5. The van der Waals surface area contributed by atoms with Crippen LogP contribution in [0.5, 0.6) is 0 Å². The van der Waals surface area contributed by atoms with Gasteiger partial charge in [0.15, 0.2) is 0 Å². The van der Waals surface area contributed by atoms with Crippen molar-refractivity contribution in [2.45, 2.75) is 44.2 Å². The average Bonchev–Trinajstić information content (AvgIpc) is 3.40. The molecule has 0 radical (unpaired) electrons. The number of ether oxygens (including phenoxy) is 1. The van der Waals surface area contributed by atoms with Gasteiger partial charge in [-0.2, -0.15) is 0 Å². The number of carboxylic acids is 1. The Morgan fingerprint density at radius 2 is 1.64 bits per heavy atom. The van der Waals surface area contributed by atoms with Crippen LogP contribution in [0.25, 0.3) is 11.1 Å². The summed E-state index contributed by atoms with van der Waals surface area (Å²) in [6.07, 6.45) is 3.52. The molecule has 3 unspecified atom stereocenters. The van der Waals surface area contributed by atoms with Crippen molar-refractivity contribution < 1.29 is 24.2 Å². The van der Waals surface area contributed by atoms with Crippen LogP contribution in [0.2, 0.25) is 0 Å². The molecule has 2 aromatic carbocycles. The summed E-state index contributed by atoms with van der Waals surface area (Å²) in [4.78, 5) is 36.4. The number of aliphatic carboxylic acids is 1. The summed E-state index contributed by atoms with van der Waals surface area (Å²) in [6, 6.07) is 15.9. The first kappa shape index (κ1) is 22.6. The van der Waals surface area contributed by atoms with Gasteiger partial charge in [-0.1, -0.05) is 67.6 Å². The molecule has 2 aromatic rings. The smallest absolute Gasteiger partial charge is 0.407 e. The minimum atomic E-state index is -1.32. The van der Waals surface area contributed by atoms with Crippen LogP contribution in [0.1, 0.15) is 43.7 Å². The van der Waals surface area contributed by atoms with E-state index in [1.807, 2.05) is 24.3 Å². The molecule has 0 fully saturated rings. The van der Waals surface area contributed by atoms with Gasteiger partial charge >= 0.3 is 12.1 Å². The number of fused-ring (bicyclic) bond motifs is 3. The largest absolute Gasteiger partial charge is 0.480 e. The molecule has 172 valence electrons. The van der Waals surface area contributed by atoms with Crippen molar-refractivity contribution in [2.75, 3.05) is 6.61 Å². The molecule has 0 aliphatic heterocycles. The molecular formula is C26H28N2O5. The minimum absolute atomic E-state index is 0.0245. The number of carboxylic acid groups (broad SMARTS) is 1. The quantitative estimate of drug-likeness (QED) is 0.558. The van der Waals surface area contributed by atoms with Crippen LogP contribution < -0.4 is 10.6 Å². The van der Waals surface area contributed by atoms with E-state index in [1.165, 1.54) is 6.92 Å². The van der Waals surface area contributed by atoms with Crippen LogP contribution in [0.3, 0.4) is 0 Å². The highest BCUT2D eigenvalue weighted by Gasteiger charge is 2.36. The zero-order chi connectivity index (χ0) is 23.6. The summed E-state index contributed by atoms with van der Waals surface area (Å²) in [5, 5.41) is 14.8. The first-order chi connectivity index (χ1) is 15.8. The lowest BCUT2D eigenvalue weighted by Gasteiger charge is -2.26. The number of carbonyl (C=O) groups is 3. The Bertz CT molecular complexity index is 1070. The van der Waals surface area contributed by atoms with E-state index in [4.69, 9.17) is 4.74 Å². The molecule has 4 rings (SSSR count). The van der Waals surface area contributed by atoms with Gasteiger partial charge in [0.05, 0.1) is 12.0 Å². The zero-order valence-electron chi connectivity index (χ0n) is 18.7. The van der Waals surface area contributed by atoms with Crippen molar-refractivity contribution in [2.24, 2.45) is 5.92 Å². The van der Waals surface area contributed by atoms with E-state index < -0.39 is 23.5 Å². The maximum atomic E-state index is 12.5. The van der Waals surface area contributed by atoms with Gasteiger partial charge in [-0.3, -0.25) is 4.79 Å². The Balaban J connectivity index is 1.32. The SMILES string of the molecule is CCC(C)(NC(=O)C1C=CC(NC(=O)OCC2c3ccccc3-c3ccccc32)C1)C(=O)O. The Morgan fingerprint density at radius 1 is 1.03 bits per heavy atom. The van der Waals surface area contributed by atoms with Crippen LogP contribution in [0.4, 0.5) is 4.79 Å². The monoisotopic (exact) mass is 448 g/mol. The molecule has 7 heteroatoms. The van der Waals surface area contributed by atoms with E-state index in [-0.39, 0.29) is 30.9 Å². The lowest BCUT2D eigenvalue weighted by molar-refractivity contribution is -0.147. The van der Waals surface area contributed by atoms with Gasteiger partial charge in [0.2, 0.25) is 5.91 Å². The predicted octanol–water partition coefficient (Wildman–Crippen LogP) is 3.84. The van der Waals surface area contributed by atoms with E-state index >= 15 is 0 Å². The fourth-order valence-corrected chi connectivity index (χ4v) is 4.45. The van der Waals surface area contributed by atoms with Gasteiger partial charge < -0.3 is 20.5 Å². The van der Waals surface area contributed by atoms with E-state index in [1.54, 1.807) is 19.1 Å². The molecule has 0 aromatic heterocycles. The lowest BCUT2D eigenvalue weighted by Crippen LogP contribution is -2.53. The fourth-order valence-electron chi connectivity index (χ4n) is 4.45. The summed E-state index contributed by atoms with van der Waals surface area (Å²) < 4.78 is 5.56. The van der Waals surface area contributed by atoms with Crippen LogP contribution >= 0.6 is 0 Å². The summed E-state index contributed by atoms with van der Waals surface area (Å²) in [7, 11) is 0. The molecule has 0 saturated carbocycles. The molecule has 0 bridgehead atoms. The number of benzene rings is 2. The van der Waals surface area contributed by atoms with Gasteiger partial charge in [-0.05, 0) is 42.0 Å². The molecule has 2 amide bonds. The molecule has 33 heavy (non-hydrogen) atoms. The van der Waals surface area contributed by atoms with Crippen molar-refractivity contribution >= 4 is 18.0 Å². The van der Waals surface area contributed by atoms with Gasteiger partial charge in [0, 0.05) is 5.92 Å². The van der Waals surface area contributed by atoms with Crippen molar-refractivity contribution in [3.63, 3.8) is 0 Å².